The molecule has 1 atom stereocenters. The van der Waals surface area contributed by atoms with Crippen molar-refractivity contribution < 1.29 is 22.4 Å². The molecule has 1 N–H and O–H groups in total. The summed E-state index contributed by atoms with van der Waals surface area (Å²) in [5.74, 6) is -1.88. The molecule has 0 aliphatic carbocycles. The van der Waals surface area contributed by atoms with Gasteiger partial charge >= 0.3 is 6.18 Å². The number of benzene rings is 1. The van der Waals surface area contributed by atoms with Gasteiger partial charge in [0, 0.05) is 10.4 Å². The third kappa shape index (κ3) is 3.94. The van der Waals surface area contributed by atoms with Gasteiger partial charge in [-0.05, 0) is 32.0 Å². The van der Waals surface area contributed by atoms with Crippen molar-refractivity contribution in [1.29, 1.82) is 0 Å². The van der Waals surface area contributed by atoms with Crippen LogP contribution >= 0.6 is 15.9 Å². The molecule has 20 heavy (non-hydrogen) atoms. The van der Waals surface area contributed by atoms with Crippen LogP contribution in [0.2, 0.25) is 0 Å². The second-order valence-electron chi connectivity index (χ2n) is 4.98. The maximum absolute atomic E-state index is 13.5. The summed E-state index contributed by atoms with van der Waals surface area (Å²) in [5, 5.41) is 2.50. The van der Waals surface area contributed by atoms with Crippen LogP contribution in [0.4, 0.5) is 17.6 Å². The molecule has 0 radical (unpaired) electrons. The van der Waals surface area contributed by atoms with E-state index >= 15 is 0 Å². The Morgan fingerprint density at radius 3 is 2.30 bits per heavy atom. The van der Waals surface area contributed by atoms with E-state index in [4.69, 9.17) is 0 Å². The van der Waals surface area contributed by atoms with E-state index in [9.17, 15) is 22.4 Å². The second kappa shape index (κ2) is 5.71. The highest BCUT2D eigenvalue weighted by Gasteiger charge is 2.33. The number of rotatable bonds is 3. The predicted molar refractivity (Wildman–Crippen MR) is 71.3 cm³/mol. The third-order valence-electron chi connectivity index (χ3n) is 2.97. The number of amides is 1. The van der Waals surface area contributed by atoms with Crippen molar-refractivity contribution in [3.8, 4) is 0 Å². The average Bonchev–Trinajstić information content (AvgIpc) is 2.26. The Kier molecular flexibility index (Phi) is 4.84. The van der Waals surface area contributed by atoms with Crippen LogP contribution in [0.5, 0.6) is 0 Å². The highest BCUT2D eigenvalue weighted by molar-refractivity contribution is 9.09. The number of halogens is 5. The molecule has 1 rings (SSSR count). The van der Waals surface area contributed by atoms with Crippen molar-refractivity contribution in [1.82, 2.24) is 5.32 Å². The maximum atomic E-state index is 13.5. The summed E-state index contributed by atoms with van der Waals surface area (Å²) in [6, 6.07) is 1.76. The van der Waals surface area contributed by atoms with Gasteiger partial charge < -0.3 is 5.32 Å². The zero-order chi connectivity index (χ0) is 15.7. The zero-order valence-corrected chi connectivity index (χ0v) is 12.7. The van der Waals surface area contributed by atoms with E-state index in [0.717, 1.165) is 0 Å². The van der Waals surface area contributed by atoms with Crippen molar-refractivity contribution in [2.24, 2.45) is 0 Å². The SMILES string of the molecule is CC(Br)C(C)(C)NC(=O)c1cc(C(F)(F)F)ccc1F. The van der Waals surface area contributed by atoms with Crippen LogP contribution in [0.15, 0.2) is 18.2 Å². The molecular weight excluding hydrogens is 342 g/mol. The molecule has 0 heterocycles. The van der Waals surface area contributed by atoms with Crippen molar-refractivity contribution in [2.45, 2.75) is 37.3 Å². The molecule has 0 aliphatic heterocycles. The summed E-state index contributed by atoms with van der Waals surface area (Å²) in [5.41, 5.74) is -2.42. The molecule has 0 spiro atoms. The van der Waals surface area contributed by atoms with Gasteiger partial charge in [-0.15, -0.1) is 0 Å². The van der Waals surface area contributed by atoms with E-state index in [-0.39, 0.29) is 4.83 Å². The summed E-state index contributed by atoms with van der Waals surface area (Å²) in [6.07, 6.45) is -4.62. The van der Waals surface area contributed by atoms with Crippen molar-refractivity contribution in [2.75, 3.05) is 0 Å². The summed E-state index contributed by atoms with van der Waals surface area (Å²) in [4.78, 5) is 11.8. The van der Waals surface area contributed by atoms with Gasteiger partial charge in [0.1, 0.15) is 5.82 Å². The number of hydrogen-bond donors (Lipinski definition) is 1. The monoisotopic (exact) mass is 355 g/mol. The molecule has 112 valence electrons. The summed E-state index contributed by atoms with van der Waals surface area (Å²) in [6.45, 7) is 5.12. The van der Waals surface area contributed by atoms with Gasteiger partial charge in [0.05, 0.1) is 11.1 Å². The quantitative estimate of drug-likeness (QED) is 0.640. The van der Waals surface area contributed by atoms with E-state index in [1.54, 1.807) is 20.8 Å². The van der Waals surface area contributed by atoms with E-state index < -0.39 is 34.6 Å². The Bertz CT molecular complexity index is 512. The van der Waals surface area contributed by atoms with Crippen LogP contribution in [0.1, 0.15) is 36.7 Å². The van der Waals surface area contributed by atoms with E-state index in [1.165, 1.54) is 0 Å². The van der Waals surface area contributed by atoms with E-state index in [0.29, 0.717) is 18.2 Å². The molecule has 7 heteroatoms. The van der Waals surface area contributed by atoms with Crippen LogP contribution in [0.25, 0.3) is 0 Å². The number of carbonyl (C=O) groups excluding carboxylic acids is 1. The molecular formula is C13H14BrF4NO. The Morgan fingerprint density at radius 2 is 1.85 bits per heavy atom. The fourth-order valence-corrected chi connectivity index (χ4v) is 1.45. The normalized spacial score (nSPS) is 14.0. The first-order valence-corrected chi connectivity index (χ1v) is 6.70. The van der Waals surface area contributed by atoms with Crippen LogP contribution in [-0.2, 0) is 6.18 Å². The lowest BCUT2D eigenvalue weighted by molar-refractivity contribution is -0.137. The molecule has 1 unspecified atom stereocenters. The number of nitrogens with one attached hydrogen (secondary N) is 1. The molecule has 0 bridgehead atoms. The van der Waals surface area contributed by atoms with Crippen molar-refractivity contribution >= 4 is 21.8 Å². The topological polar surface area (TPSA) is 29.1 Å². The first kappa shape index (κ1) is 16.9. The molecule has 0 saturated heterocycles. The molecule has 0 aliphatic rings. The first-order chi connectivity index (χ1) is 8.95. The lowest BCUT2D eigenvalue weighted by Gasteiger charge is -2.29. The van der Waals surface area contributed by atoms with Crippen LogP contribution in [0.3, 0.4) is 0 Å². The van der Waals surface area contributed by atoms with Gasteiger partial charge in [0.2, 0.25) is 0 Å². The Hall–Kier alpha value is -1.11. The lowest BCUT2D eigenvalue weighted by atomic mass is 10.0. The van der Waals surface area contributed by atoms with Crippen LogP contribution in [0, 0.1) is 5.82 Å². The first-order valence-electron chi connectivity index (χ1n) is 5.78. The fraction of sp³-hybridized carbons (Fsp3) is 0.462. The Balaban J connectivity index is 3.11. The highest BCUT2D eigenvalue weighted by Crippen LogP contribution is 2.30. The zero-order valence-electron chi connectivity index (χ0n) is 11.1. The minimum atomic E-state index is -4.62. The van der Waals surface area contributed by atoms with Crippen molar-refractivity contribution in [3.05, 3.63) is 35.1 Å². The maximum Gasteiger partial charge on any atom is 0.416 e. The Morgan fingerprint density at radius 1 is 1.30 bits per heavy atom. The van der Waals surface area contributed by atoms with Crippen molar-refractivity contribution in [3.63, 3.8) is 0 Å². The average molecular weight is 356 g/mol. The molecule has 0 aromatic heterocycles. The minimum Gasteiger partial charge on any atom is -0.346 e. The minimum absolute atomic E-state index is 0.146. The number of hydrogen-bond acceptors (Lipinski definition) is 1. The fourth-order valence-electron chi connectivity index (χ4n) is 1.33. The molecule has 1 aromatic carbocycles. The third-order valence-corrected chi connectivity index (χ3v) is 4.11. The Labute approximate surface area is 122 Å². The van der Waals surface area contributed by atoms with Gasteiger partial charge in [-0.2, -0.15) is 13.2 Å². The molecule has 0 fully saturated rings. The molecule has 1 aromatic rings. The van der Waals surface area contributed by atoms with E-state index in [2.05, 4.69) is 21.2 Å². The predicted octanol–water partition coefficient (Wildman–Crippen LogP) is 4.14. The lowest BCUT2D eigenvalue weighted by Crippen LogP contribution is -2.49. The molecule has 1 amide bonds. The number of alkyl halides is 4. The second-order valence-corrected chi connectivity index (χ2v) is 6.36. The van der Waals surface area contributed by atoms with Gasteiger partial charge in [-0.3, -0.25) is 4.79 Å². The van der Waals surface area contributed by atoms with E-state index in [1.807, 2.05) is 0 Å². The standard InChI is InChI=1S/C13H14BrF4NO/c1-7(14)12(2,3)19-11(20)9-6-8(13(16,17)18)4-5-10(9)15/h4-7H,1-3H3,(H,19,20). The number of carbonyl (C=O) groups is 1. The molecule has 0 saturated carbocycles. The summed E-state index contributed by atoms with van der Waals surface area (Å²) >= 11 is 3.27. The van der Waals surface area contributed by atoms with Gasteiger partial charge in [0.25, 0.3) is 5.91 Å². The summed E-state index contributed by atoms with van der Waals surface area (Å²) < 4.78 is 51.2. The van der Waals surface area contributed by atoms with Crippen LogP contribution in [-0.4, -0.2) is 16.3 Å². The van der Waals surface area contributed by atoms with Gasteiger partial charge in [-0.25, -0.2) is 4.39 Å². The molecule has 2 nitrogen and oxygen atoms in total. The smallest absolute Gasteiger partial charge is 0.346 e. The summed E-state index contributed by atoms with van der Waals surface area (Å²) in [7, 11) is 0. The van der Waals surface area contributed by atoms with Crippen LogP contribution < -0.4 is 5.32 Å². The van der Waals surface area contributed by atoms with Gasteiger partial charge in [-0.1, -0.05) is 22.9 Å². The van der Waals surface area contributed by atoms with Gasteiger partial charge in [0.15, 0.2) is 0 Å². The largest absolute Gasteiger partial charge is 0.416 e. The highest BCUT2D eigenvalue weighted by atomic mass is 79.9.